The van der Waals surface area contributed by atoms with Crippen LogP contribution in [-0.2, 0) is 4.74 Å². The van der Waals surface area contributed by atoms with Crippen LogP contribution in [0.4, 0.5) is 0 Å². The number of nitrogens with zero attached hydrogens (tertiary/aromatic N) is 1. The number of aliphatic hydroxyl groups is 1. The van der Waals surface area contributed by atoms with E-state index in [9.17, 15) is 5.11 Å². The number of methoxy groups -OCH3 is 1. The molecule has 1 aliphatic rings. The molecular weight excluding hydrogens is 228 g/mol. The number of ether oxygens (including phenoxy) is 1. The highest BCUT2D eigenvalue weighted by Crippen LogP contribution is 2.27. The van der Waals surface area contributed by atoms with Crippen LogP contribution in [0.2, 0.25) is 0 Å². The first-order chi connectivity index (χ1) is 8.50. The van der Waals surface area contributed by atoms with Crippen LogP contribution < -0.4 is 5.32 Å². The third kappa shape index (κ3) is 5.65. The largest absolute Gasteiger partial charge is 0.394 e. The standard InChI is InChI=1S/C14H30N2O2/c1-12(2)15-14(3,11-17)7-8-16(9-10-18-4)13-5-6-13/h12-13,15,17H,5-11H2,1-4H3. The summed E-state index contributed by atoms with van der Waals surface area (Å²) < 4.78 is 5.17. The molecule has 0 aromatic rings. The Balaban J connectivity index is 2.38. The van der Waals surface area contributed by atoms with Gasteiger partial charge in [0.05, 0.1) is 13.2 Å². The van der Waals surface area contributed by atoms with E-state index >= 15 is 0 Å². The molecule has 1 aliphatic carbocycles. The lowest BCUT2D eigenvalue weighted by Crippen LogP contribution is -2.51. The molecule has 1 rings (SSSR count). The highest BCUT2D eigenvalue weighted by molar-refractivity contribution is 4.89. The zero-order valence-corrected chi connectivity index (χ0v) is 12.4. The number of nitrogens with one attached hydrogen (secondary N) is 1. The maximum Gasteiger partial charge on any atom is 0.0611 e. The highest BCUT2D eigenvalue weighted by atomic mass is 16.5. The summed E-state index contributed by atoms with van der Waals surface area (Å²) in [6, 6.07) is 1.15. The Labute approximate surface area is 112 Å². The predicted octanol–water partition coefficient (Wildman–Crippen LogP) is 1.24. The summed E-state index contributed by atoms with van der Waals surface area (Å²) in [5, 5.41) is 13.0. The number of rotatable bonds is 10. The van der Waals surface area contributed by atoms with Crippen molar-refractivity contribution >= 4 is 0 Å². The lowest BCUT2D eigenvalue weighted by molar-refractivity contribution is 0.113. The van der Waals surface area contributed by atoms with Gasteiger partial charge in [-0.2, -0.15) is 0 Å². The first kappa shape index (κ1) is 15.9. The third-order valence-electron chi connectivity index (χ3n) is 3.58. The summed E-state index contributed by atoms with van der Waals surface area (Å²) in [4.78, 5) is 2.50. The van der Waals surface area contributed by atoms with Gasteiger partial charge in [0.2, 0.25) is 0 Å². The summed E-state index contributed by atoms with van der Waals surface area (Å²) in [5.41, 5.74) is -0.172. The Bertz CT molecular complexity index is 232. The molecule has 108 valence electrons. The molecule has 18 heavy (non-hydrogen) atoms. The Hall–Kier alpha value is -0.160. The second-order valence-corrected chi connectivity index (χ2v) is 6.03. The van der Waals surface area contributed by atoms with Crippen molar-refractivity contribution in [2.24, 2.45) is 0 Å². The van der Waals surface area contributed by atoms with Crippen LogP contribution >= 0.6 is 0 Å². The molecule has 0 saturated heterocycles. The minimum Gasteiger partial charge on any atom is -0.394 e. The molecule has 2 N–H and O–H groups in total. The molecule has 4 nitrogen and oxygen atoms in total. The lowest BCUT2D eigenvalue weighted by atomic mass is 9.97. The summed E-state index contributed by atoms with van der Waals surface area (Å²) in [6.45, 7) is 9.37. The van der Waals surface area contributed by atoms with Crippen molar-refractivity contribution in [2.45, 2.75) is 57.7 Å². The third-order valence-corrected chi connectivity index (χ3v) is 3.58. The fourth-order valence-corrected chi connectivity index (χ4v) is 2.41. The molecule has 0 radical (unpaired) electrons. The average molecular weight is 258 g/mol. The second-order valence-electron chi connectivity index (χ2n) is 6.03. The summed E-state index contributed by atoms with van der Waals surface area (Å²) in [5.74, 6) is 0. The molecule has 0 amide bonds. The van der Waals surface area contributed by atoms with E-state index in [1.807, 2.05) is 0 Å². The summed E-state index contributed by atoms with van der Waals surface area (Å²) >= 11 is 0. The molecule has 4 heteroatoms. The van der Waals surface area contributed by atoms with Gasteiger partial charge in [-0.25, -0.2) is 0 Å². The van der Waals surface area contributed by atoms with E-state index in [0.29, 0.717) is 6.04 Å². The molecule has 0 aromatic heterocycles. The van der Waals surface area contributed by atoms with Gasteiger partial charge in [0.1, 0.15) is 0 Å². The van der Waals surface area contributed by atoms with E-state index in [4.69, 9.17) is 4.74 Å². The quantitative estimate of drug-likeness (QED) is 0.619. The van der Waals surface area contributed by atoms with Gasteiger partial charge in [-0.3, -0.25) is 4.90 Å². The minimum absolute atomic E-state index is 0.172. The first-order valence-electron chi connectivity index (χ1n) is 7.12. The van der Waals surface area contributed by atoms with Gasteiger partial charge in [-0.05, 0) is 26.2 Å². The number of hydrogen-bond donors (Lipinski definition) is 2. The molecule has 1 saturated carbocycles. The van der Waals surface area contributed by atoms with Crippen molar-refractivity contribution in [1.82, 2.24) is 10.2 Å². The van der Waals surface area contributed by atoms with Crippen LogP contribution in [-0.4, -0.2) is 61.0 Å². The van der Waals surface area contributed by atoms with E-state index in [1.54, 1.807) is 7.11 Å². The molecule has 1 atom stereocenters. The van der Waals surface area contributed by atoms with E-state index in [2.05, 4.69) is 31.0 Å². The van der Waals surface area contributed by atoms with Crippen LogP contribution in [0.3, 0.4) is 0 Å². The Morgan fingerprint density at radius 3 is 2.50 bits per heavy atom. The Kier molecular flexibility index (Phi) is 6.57. The van der Waals surface area contributed by atoms with Crippen molar-refractivity contribution in [3.05, 3.63) is 0 Å². The van der Waals surface area contributed by atoms with Gasteiger partial charge < -0.3 is 15.2 Å². The maximum absolute atomic E-state index is 9.57. The normalized spacial score (nSPS) is 19.5. The molecule has 0 aromatic carbocycles. The summed E-state index contributed by atoms with van der Waals surface area (Å²) in [6.07, 6.45) is 3.61. The fourth-order valence-electron chi connectivity index (χ4n) is 2.41. The topological polar surface area (TPSA) is 44.7 Å². The van der Waals surface area contributed by atoms with Gasteiger partial charge in [-0.15, -0.1) is 0 Å². The van der Waals surface area contributed by atoms with Gasteiger partial charge in [0, 0.05) is 37.8 Å². The van der Waals surface area contributed by atoms with Gasteiger partial charge in [0.15, 0.2) is 0 Å². The van der Waals surface area contributed by atoms with Crippen LogP contribution in [0.15, 0.2) is 0 Å². The van der Waals surface area contributed by atoms with Crippen LogP contribution in [0, 0.1) is 0 Å². The molecule has 0 bridgehead atoms. The van der Waals surface area contributed by atoms with Gasteiger partial charge in [-0.1, -0.05) is 13.8 Å². The van der Waals surface area contributed by atoms with Crippen LogP contribution in [0.5, 0.6) is 0 Å². The van der Waals surface area contributed by atoms with Crippen LogP contribution in [0.25, 0.3) is 0 Å². The van der Waals surface area contributed by atoms with Gasteiger partial charge in [0.25, 0.3) is 0 Å². The van der Waals surface area contributed by atoms with E-state index in [1.165, 1.54) is 12.8 Å². The van der Waals surface area contributed by atoms with Crippen LogP contribution in [0.1, 0.15) is 40.0 Å². The highest BCUT2D eigenvalue weighted by Gasteiger charge is 2.31. The maximum atomic E-state index is 9.57. The SMILES string of the molecule is COCCN(CCC(C)(CO)NC(C)C)C1CC1. The zero-order valence-electron chi connectivity index (χ0n) is 12.4. The van der Waals surface area contributed by atoms with Crippen molar-refractivity contribution in [3.8, 4) is 0 Å². The van der Waals surface area contributed by atoms with Crippen molar-refractivity contribution < 1.29 is 9.84 Å². The zero-order chi connectivity index (χ0) is 13.6. The molecular formula is C14H30N2O2. The first-order valence-corrected chi connectivity index (χ1v) is 7.12. The summed E-state index contributed by atoms with van der Waals surface area (Å²) in [7, 11) is 1.75. The Morgan fingerprint density at radius 2 is 2.06 bits per heavy atom. The fraction of sp³-hybridized carbons (Fsp3) is 1.00. The lowest BCUT2D eigenvalue weighted by Gasteiger charge is -2.33. The number of aliphatic hydroxyl groups excluding tert-OH is 1. The Morgan fingerprint density at radius 1 is 1.39 bits per heavy atom. The average Bonchev–Trinajstić information content (AvgIpc) is 3.12. The van der Waals surface area contributed by atoms with Gasteiger partial charge >= 0.3 is 0 Å². The molecule has 0 spiro atoms. The molecule has 0 aliphatic heterocycles. The number of hydrogen-bond acceptors (Lipinski definition) is 4. The van der Waals surface area contributed by atoms with Crippen molar-refractivity contribution in [3.63, 3.8) is 0 Å². The van der Waals surface area contributed by atoms with Crippen molar-refractivity contribution in [1.29, 1.82) is 0 Å². The monoisotopic (exact) mass is 258 g/mol. The predicted molar refractivity (Wildman–Crippen MR) is 74.9 cm³/mol. The minimum atomic E-state index is -0.172. The second kappa shape index (κ2) is 7.43. The smallest absolute Gasteiger partial charge is 0.0611 e. The molecule has 1 fully saturated rings. The van der Waals surface area contributed by atoms with E-state index < -0.39 is 0 Å². The van der Waals surface area contributed by atoms with E-state index in [-0.39, 0.29) is 12.1 Å². The van der Waals surface area contributed by atoms with E-state index in [0.717, 1.165) is 32.2 Å². The molecule has 1 unspecified atom stereocenters. The molecule has 0 heterocycles. The van der Waals surface area contributed by atoms with Crippen molar-refractivity contribution in [2.75, 3.05) is 33.4 Å².